The van der Waals surface area contributed by atoms with Gasteiger partial charge in [0.1, 0.15) is 6.61 Å². The van der Waals surface area contributed by atoms with Gasteiger partial charge in [-0.25, -0.2) is 0 Å². The highest BCUT2D eigenvalue weighted by Crippen LogP contribution is 2.35. The van der Waals surface area contributed by atoms with E-state index in [0.29, 0.717) is 12.8 Å². The summed E-state index contributed by atoms with van der Waals surface area (Å²) in [6, 6.07) is 7.80. The zero-order valence-electron chi connectivity index (χ0n) is 14.1. The van der Waals surface area contributed by atoms with Crippen molar-refractivity contribution in [1.82, 2.24) is 4.90 Å². The molecule has 3 rings (SSSR count). The number of thioether (sulfide) groups is 1. The first-order valence-corrected chi connectivity index (χ1v) is 9.61. The number of hydrogen-bond acceptors (Lipinski definition) is 5. The molecule has 0 bridgehead atoms. The van der Waals surface area contributed by atoms with Crippen LogP contribution in [0.2, 0.25) is 0 Å². The highest BCUT2D eigenvalue weighted by molar-refractivity contribution is 7.98. The molecule has 0 N–H and O–H groups in total. The molecule has 0 spiro atoms. The Morgan fingerprint density at radius 1 is 1.12 bits per heavy atom. The molecule has 1 heterocycles. The highest BCUT2D eigenvalue weighted by atomic mass is 32.2. The molecular formula is C19H21NO4S. The third kappa shape index (κ3) is 3.95. The van der Waals surface area contributed by atoms with Crippen LogP contribution < -0.4 is 0 Å². The Labute approximate surface area is 151 Å². The van der Waals surface area contributed by atoms with Gasteiger partial charge in [0.2, 0.25) is 11.8 Å². The highest BCUT2D eigenvalue weighted by Gasteiger charge is 2.46. The second kappa shape index (κ2) is 7.87. The van der Waals surface area contributed by atoms with Gasteiger partial charge in [0, 0.05) is 11.4 Å². The monoisotopic (exact) mass is 359 g/mol. The largest absolute Gasteiger partial charge is 0.461 e. The van der Waals surface area contributed by atoms with Gasteiger partial charge >= 0.3 is 5.97 Å². The number of hydrogen-bond donors (Lipinski definition) is 0. The van der Waals surface area contributed by atoms with Gasteiger partial charge in [0.25, 0.3) is 0 Å². The first-order chi connectivity index (χ1) is 12.1. The van der Waals surface area contributed by atoms with Gasteiger partial charge in [0.15, 0.2) is 0 Å². The van der Waals surface area contributed by atoms with E-state index >= 15 is 0 Å². The van der Waals surface area contributed by atoms with Gasteiger partial charge in [-0.1, -0.05) is 24.3 Å². The van der Waals surface area contributed by atoms with Gasteiger partial charge in [0.05, 0.1) is 18.3 Å². The predicted molar refractivity (Wildman–Crippen MR) is 94.7 cm³/mol. The maximum absolute atomic E-state index is 12.3. The summed E-state index contributed by atoms with van der Waals surface area (Å²) in [5.41, 5.74) is 0.913. The lowest BCUT2D eigenvalue weighted by Crippen LogP contribution is -2.33. The normalized spacial score (nSPS) is 22.2. The number of allylic oxidation sites excluding steroid dienone is 2. The molecule has 1 aliphatic carbocycles. The standard InChI is InChI=1S/C19H21NO4S/c1-25-14-8-6-13(7-9-14)12-24-17(21)10-11-20-18(22)15-4-2-3-5-16(15)19(20)23/h2-3,6-9,15-16H,4-5,10-12H2,1H3/t15-,16-/m0/s1. The number of carbonyl (C=O) groups is 3. The Kier molecular flexibility index (Phi) is 5.58. The number of amides is 2. The summed E-state index contributed by atoms with van der Waals surface area (Å²) in [5, 5.41) is 0. The van der Waals surface area contributed by atoms with E-state index < -0.39 is 5.97 Å². The fraction of sp³-hybridized carbons (Fsp3) is 0.421. The summed E-state index contributed by atoms with van der Waals surface area (Å²) in [6.45, 7) is 0.305. The van der Waals surface area contributed by atoms with Crippen molar-refractivity contribution < 1.29 is 19.1 Å². The molecule has 0 aromatic heterocycles. The van der Waals surface area contributed by atoms with Crippen molar-refractivity contribution in [2.24, 2.45) is 11.8 Å². The quantitative estimate of drug-likeness (QED) is 0.338. The van der Waals surface area contributed by atoms with E-state index in [1.165, 1.54) is 4.90 Å². The van der Waals surface area contributed by atoms with E-state index in [-0.39, 0.29) is 43.2 Å². The van der Waals surface area contributed by atoms with E-state index in [1.807, 2.05) is 42.7 Å². The van der Waals surface area contributed by atoms with E-state index in [0.717, 1.165) is 10.5 Å². The van der Waals surface area contributed by atoms with Gasteiger partial charge in [-0.15, -0.1) is 11.8 Å². The van der Waals surface area contributed by atoms with Crippen LogP contribution in [-0.2, 0) is 25.7 Å². The van der Waals surface area contributed by atoms with Gasteiger partial charge in [-0.2, -0.15) is 0 Å². The van der Waals surface area contributed by atoms with E-state index in [9.17, 15) is 14.4 Å². The molecule has 2 atom stereocenters. The smallest absolute Gasteiger partial charge is 0.307 e. The molecule has 25 heavy (non-hydrogen) atoms. The van der Waals surface area contributed by atoms with Crippen LogP contribution in [-0.4, -0.2) is 35.5 Å². The van der Waals surface area contributed by atoms with Crippen molar-refractivity contribution in [3.05, 3.63) is 42.0 Å². The molecule has 1 aliphatic heterocycles. The summed E-state index contributed by atoms with van der Waals surface area (Å²) in [7, 11) is 0. The minimum atomic E-state index is -0.400. The second-order valence-electron chi connectivity index (χ2n) is 6.24. The molecule has 5 nitrogen and oxygen atoms in total. The minimum Gasteiger partial charge on any atom is -0.461 e. The van der Waals surface area contributed by atoms with E-state index in [2.05, 4.69) is 0 Å². The number of ether oxygens (including phenoxy) is 1. The topological polar surface area (TPSA) is 63.7 Å². The number of likely N-dealkylation sites (tertiary alicyclic amines) is 1. The molecular weight excluding hydrogens is 338 g/mol. The van der Waals surface area contributed by atoms with Crippen LogP contribution in [0.25, 0.3) is 0 Å². The molecule has 6 heteroatoms. The van der Waals surface area contributed by atoms with Crippen LogP contribution in [0.3, 0.4) is 0 Å². The van der Waals surface area contributed by atoms with Crippen LogP contribution >= 0.6 is 11.8 Å². The number of carbonyl (C=O) groups excluding carboxylic acids is 3. The zero-order chi connectivity index (χ0) is 17.8. The fourth-order valence-corrected chi connectivity index (χ4v) is 3.66. The number of esters is 1. The first kappa shape index (κ1) is 17.7. The Morgan fingerprint density at radius 3 is 2.28 bits per heavy atom. The molecule has 2 amide bonds. The maximum Gasteiger partial charge on any atom is 0.307 e. The minimum absolute atomic E-state index is 0.0350. The molecule has 1 aromatic carbocycles. The third-order valence-corrected chi connectivity index (χ3v) is 5.44. The third-order valence-electron chi connectivity index (χ3n) is 4.70. The van der Waals surface area contributed by atoms with E-state index in [4.69, 9.17) is 4.74 Å². The van der Waals surface area contributed by atoms with Crippen LogP contribution in [0.1, 0.15) is 24.8 Å². The van der Waals surface area contributed by atoms with Crippen LogP contribution in [0, 0.1) is 11.8 Å². The lowest BCUT2D eigenvalue weighted by molar-refractivity contribution is -0.146. The van der Waals surface area contributed by atoms with Gasteiger partial charge in [-0.3, -0.25) is 19.3 Å². The maximum atomic E-state index is 12.3. The lowest BCUT2D eigenvalue weighted by Gasteiger charge is -2.14. The predicted octanol–water partition coefficient (Wildman–Crippen LogP) is 2.79. The van der Waals surface area contributed by atoms with Crippen molar-refractivity contribution in [3.63, 3.8) is 0 Å². The Balaban J connectivity index is 1.47. The Hall–Kier alpha value is -2.08. The lowest BCUT2D eigenvalue weighted by atomic mass is 9.85. The zero-order valence-corrected chi connectivity index (χ0v) is 15.0. The molecule has 0 saturated carbocycles. The number of imide groups is 1. The second-order valence-corrected chi connectivity index (χ2v) is 7.12. The molecule has 1 fully saturated rings. The summed E-state index contributed by atoms with van der Waals surface area (Å²) in [6.07, 6.45) is 7.17. The number of fused-ring (bicyclic) bond motifs is 1. The van der Waals surface area contributed by atoms with Gasteiger partial charge in [-0.05, 0) is 36.8 Å². The fourth-order valence-electron chi connectivity index (χ4n) is 3.25. The van der Waals surface area contributed by atoms with Crippen molar-refractivity contribution in [3.8, 4) is 0 Å². The van der Waals surface area contributed by atoms with Crippen LogP contribution in [0.5, 0.6) is 0 Å². The molecule has 1 saturated heterocycles. The van der Waals surface area contributed by atoms with Crippen molar-refractivity contribution in [2.75, 3.05) is 12.8 Å². The van der Waals surface area contributed by atoms with Crippen molar-refractivity contribution in [1.29, 1.82) is 0 Å². The molecule has 1 aromatic rings. The average molecular weight is 359 g/mol. The summed E-state index contributed by atoms with van der Waals surface area (Å²) >= 11 is 1.65. The van der Waals surface area contributed by atoms with Crippen LogP contribution in [0.4, 0.5) is 0 Å². The number of nitrogens with zero attached hydrogens (tertiary/aromatic N) is 1. The SMILES string of the molecule is CSc1ccc(COC(=O)CCN2C(=O)[C@H]3CC=CC[C@@H]3C2=O)cc1. The number of rotatable bonds is 6. The Bertz CT molecular complexity index is 672. The molecule has 0 radical (unpaired) electrons. The molecule has 132 valence electrons. The van der Waals surface area contributed by atoms with Crippen molar-refractivity contribution >= 4 is 29.5 Å². The summed E-state index contributed by atoms with van der Waals surface area (Å²) in [5.74, 6) is -1.20. The van der Waals surface area contributed by atoms with E-state index in [1.54, 1.807) is 11.8 Å². The average Bonchev–Trinajstić information content (AvgIpc) is 2.89. The molecule has 0 unspecified atom stereocenters. The first-order valence-electron chi connectivity index (χ1n) is 8.39. The Morgan fingerprint density at radius 2 is 1.72 bits per heavy atom. The van der Waals surface area contributed by atoms with Crippen molar-refractivity contribution in [2.45, 2.75) is 30.8 Å². The molecule has 2 aliphatic rings. The summed E-state index contributed by atoms with van der Waals surface area (Å²) in [4.78, 5) is 39.0. The summed E-state index contributed by atoms with van der Waals surface area (Å²) < 4.78 is 5.24. The number of benzene rings is 1. The van der Waals surface area contributed by atoms with Crippen LogP contribution in [0.15, 0.2) is 41.3 Å². The van der Waals surface area contributed by atoms with Gasteiger partial charge < -0.3 is 4.74 Å².